The Balaban J connectivity index is 1.93. The van der Waals surface area contributed by atoms with Crippen LogP contribution >= 0.6 is 15.9 Å². The van der Waals surface area contributed by atoms with Crippen LogP contribution in [-0.4, -0.2) is 12.4 Å². The Kier molecular flexibility index (Phi) is 4.90. The third-order valence-corrected chi connectivity index (χ3v) is 3.23. The molecule has 0 aliphatic rings. The van der Waals surface area contributed by atoms with Gasteiger partial charge in [0.15, 0.2) is 0 Å². The zero-order valence-corrected chi connectivity index (χ0v) is 12.1. The molecule has 2 aromatic rings. The monoisotopic (exact) mass is 333 g/mol. The highest BCUT2D eigenvalue weighted by molar-refractivity contribution is 9.10. The van der Waals surface area contributed by atoms with Gasteiger partial charge >= 0.3 is 6.09 Å². The van der Waals surface area contributed by atoms with Crippen molar-refractivity contribution < 1.29 is 14.3 Å². The van der Waals surface area contributed by atoms with E-state index in [4.69, 9.17) is 4.74 Å². The second kappa shape index (κ2) is 6.86. The van der Waals surface area contributed by atoms with Gasteiger partial charge in [-0.15, -0.1) is 0 Å². The van der Waals surface area contributed by atoms with E-state index in [1.807, 2.05) is 30.3 Å². The Labute approximate surface area is 124 Å². The summed E-state index contributed by atoms with van der Waals surface area (Å²) in [6.45, 7) is 0.205. The number of hydrogen-bond acceptors (Lipinski definition) is 3. The van der Waals surface area contributed by atoms with E-state index in [0.29, 0.717) is 15.7 Å². The van der Waals surface area contributed by atoms with Gasteiger partial charge in [-0.3, -0.25) is 10.1 Å². The van der Waals surface area contributed by atoms with Crippen LogP contribution in [0, 0.1) is 0 Å². The number of carbonyl (C=O) groups excluding carboxylic acids is 2. The largest absolute Gasteiger partial charge is 0.444 e. The molecule has 0 aromatic heterocycles. The number of carbonyl (C=O) groups is 2. The molecule has 20 heavy (non-hydrogen) atoms. The van der Waals surface area contributed by atoms with E-state index in [9.17, 15) is 9.59 Å². The van der Waals surface area contributed by atoms with Gasteiger partial charge in [0.1, 0.15) is 12.9 Å². The third kappa shape index (κ3) is 3.93. The van der Waals surface area contributed by atoms with Crippen LogP contribution < -0.4 is 5.32 Å². The van der Waals surface area contributed by atoms with Gasteiger partial charge in [-0.1, -0.05) is 30.3 Å². The molecular weight excluding hydrogens is 322 g/mol. The van der Waals surface area contributed by atoms with E-state index >= 15 is 0 Å². The summed E-state index contributed by atoms with van der Waals surface area (Å²) in [6.07, 6.45) is 0.191. The summed E-state index contributed by atoms with van der Waals surface area (Å²) >= 11 is 3.28. The van der Waals surface area contributed by atoms with E-state index < -0.39 is 6.09 Å². The summed E-state index contributed by atoms with van der Waals surface area (Å²) in [5, 5.41) is 2.61. The van der Waals surface area contributed by atoms with Crippen LogP contribution in [0.4, 0.5) is 10.5 Å². The quantitative estimate of drug-likeness (QED) is 0.860. The molecule has 2 rings (SSSR count). The highest BCUT2D eigenvalue weighted by Crippen LogP contribution is 2.23. The minimum atomic E-state index is -0.548. The Morgan fingerprint density at radius 1 is 1.20 bits per heavy atom. The predicted molar refractivity (Wildman–Crippen MR) is 79.8 cm³/mol. The van der Waals surface area contributed by atoms with Gasteiger partial charge < -0.3 is 4.74 Å². The minimum absolute atomic E-state index is 0.205. The standard InChI is InChI=1S/C15H12BrNO3/c16-13-8-12(9-18)6-7-14(13)17-15(19)20-10-11-4-2-1-3-5-11/h1-9H,10H2,(H,17,19). The summed E-state index contributed by atoms with van der Waals surface area (Å²) in [7, 11) is 0. The van der Waals surface area contributed by atoms with Crippen LogP contribution in [0.25, 0.3) is 0 Å². The summed E-state index contributed by atoms with van der Waals surface area (Å²) in [4.78, 5) is 22.3. The number of aldehydes is 1. The van der Waals surface area contributed by atoms with Gasteiger partial charge in [0, 0.05) is 10.0 Å². The van der Waals surface area contributed by atoms with Crippen molar-refractivity contribution in [2.24, 2.45) is 0 Å². The van der Waals surface area contributed by atoms with Crippen molar-refractivity contribution in [1.29, 1.82) is 0 Å². The van der Waals surface area contributed by atoms with E-state index in [1.54, 1.807) is 18.2 Å². The molecule has 5 heteroatoms. The average Bonchev–Trinajstić information content (AvgIpc) is 2.48. The molecule has 0 saturated carbocycles. The van der Waals surface area contributed by atoms with E-state index in [1.165, 1.54) is 0 Å². The topological polar surface area (TPSA) is 55.4 Å². The van der Waals surface area contributed by atoms with Gasteiger partial charge in [0.25, 0.3) is 0 Å². The minimum Gasteiger partial charge on any atom is -0.444 e. The molecule has 0 unspecified atom stereocenters. The van der Waals surface area contributed by atoms with E-state index in [-0.39, 0.29) is 6.61 Å². The van der Waals surface area contributed by atoms with Gasteiger partial charge in [-0.05, 0) is 39.7 Å². The van der Waals surface area contributed by atoms with Crippen LogP contribution in [0.15, 0.2) is 53.0 Å². The molecular formula is C15H12BrNO3. The molecule has 1 N–H and O–H groups in total. The van der Waals surface area contributed by atoms with Crippen molar-refractivity contribution in [1.82, 2.24) is 0 Å². The van der Waals surface area contributed by atoms with Gasteiger partial charge in [-0.25, -0.2) is 4.79 Å². The first kappa shape index (κ1) is 14.3. The first-order valence-corrected chi connectivity index (χ1v) is 6.71. The fourth-order valence-electron chi connectivity index (χ4n) is 1.58. The summed E-state index contributed by atoms with van der Waals surface area (Å²) in [5.41, 5.74) is 1.99. The van der Waals surface area contributed by atoms with Crippen molar-refractivity contribution >= 4 is 34.0 Å². The first-order valence-electron chi connectivity index (χ1n) is 5.91. The van der Waals surface area contributed by atoms with Crippen molar-refractivity contribution in [3.63, 3.8) is 0 Å². The van der Waals surface area contributed by atoms with Crippen LogP contribution in [0.5, 0.6) is 0 Å². The fraction of sp³-hybridized carbons (Fsp3) is 0.0667. The fourth-order valence-corrected chi connectivity index (χ4v) is 2.07. The Morgan fingerprint density at radius 3 is 2.60 bits per heavy atom. The van der Waals surface area contributed by atoms with Crippen LogP contribution in [0.3, 0.4) is 0 Å². The lowest BCUT2D eigenvalue weighted by Gasteiger charge is -2.09. The SMILES string of the molecule is O=Cc1ccc(NC(=O)OCc2ccccc2)c(Br)c1. The highest BCUT2D eigenvalue weighted by Gasteiger charge is 2.07. The van der Waals surface area contributed by atoms with Crippen molar-refractivity contribution in [3.05, 3.63) is 64.1 Å². The molecule has 4 nitrogen and oxygen atoms in total. The second-order valence-corrected chi connectivity index (χ2v) is 4.90. The van der Waals surface area contributed by atoms with Crippen LogP contribution in [0.2, 0.25) is 0 Å². The number of halogens is 1. The Morgan fingerprint density at radius 2 is 1.95 bits per heavy atom. The van der Waals surface area contributed by atoms with Crippen LogP contribution in [0.1, 0.15) is 15.9 Å². The highest BCUT2D eigenvalue weighted by atomic mass is 79.9. The number of benzene rings is 2. The van der Waals surface area contributed by atoms with Crippen molar-refractivity contribution in [3.8, 4) is 0 Å². The lowest BCUT2D eigenvalue weighted by Crippen LogP contribution is -2.13. The maximum absolute atomic E-state index is 11.7. The maximum atomic E-state index is 11.7. The summed E-state index contributed by atoms with van der Waals surface area (Å²) < 4.78 is 5.73. The Bertz CT molecular complexity index is 614. The third-order valence-electron chi connectivity index (χ3n) is 2.58. The van der Waals surface area contributed by atoms with Crippen molar-refractivity contribution in [2.75, 3.05) is 5.32 Å². The lowest BCUT2D eigenvalue weighted by atomic mass is 10.2. The number of ether oxygens (including phenoxy) is 1. The normalized spacial score (nSPS) is 9.85. The molecule has 0 radical (unpaired) electrons. The maximum Gasteiger partial charge on any atom is 0.411 e. The molecule has 0 fully saturated rings. The number of rotatable bonds is 4. The second-order valence-electron chi connectivity index (χ2n) is 4.04. The molecule has 0 aliphatic carbocycles. The summed E-state index contributed by atoms with van der Waals surface area (Å²) in [5.74, 6) is 0. The van der Waals surface area contributed by atoms with Crippen LogP contribution in [-0.2, 0) is 11.3 Å². The zero-order valence-electron chi connectivity index (χ0n) is 10.5. The van der Waals surface area contributed by atoms with Gasteiger partial charge in [-0.2, -0.15) is 0 Å². The van der Waals surface area contributed by atoms with E-state index in [0.717, 1.165) is 11.8 Å². The number of amides is 1. The Hall–Kier alpha value is -2.14. The lowest BCUT2D eigenvalue weighted by molar-refractivity contribution is 0.112. The molecule has 0 bridgehead atoms. The number of anilines is 1. The smallest absolute Gasteiger partial charge is 0.411 e. The average molecular weight is 334 g/mol. The molecule has 0 heterocycles. The zero-order chi connectivity index (χ0) is 14.4. The summed E-state index contributed by atoms with van der Waals surface area (Å²) in [6, 6.07) is 14.3. The molecule has 2 aromatic carbocycles. The van der Waals surface area contributed by atoms with Gasteiger partial charge in [0.05, 0.1) is 5.69 Å². The first-order chi connectivity index (χ1) is 9.69. The van der Waals surface area contributed by atoms with E-state index in [2.05, 4.69) is 21.2 Å². The van der Waals surface area contributed by atoms with Crippen molar-refractivity contribution in [2.45, 2.75) is 6.61 Å². The number of hydrogen-bond donors (Lipinski definition) is 1. The molecule has 0 aliphatic heterocycles. The molecule has 0 saturated heterocycles. The molecule has 102 valence electrons. The molecule has 0 spiro atoms. The number of nitrogens with one attached hydrogen (secondary N) is 1. The predicted octanol–water partition coefficient (Wildman–Crippen LogP) is 4.01. The molecule has 1 amide bonds. The molecule has 0 atom stereocenters. The van der Waals surface area contributed by atoms with Gasteiger partial charge in [0.2, 0.25) is 0 Å².